The first-order valence-corrected chi connectivity index (χ1v) is 11.6. The summed E-state index contributed by atoms with van der Waals surface area (Å²) in [7, 11) is 0. The first-order chi connectivity index (χ1) is 16.2. The maximum atomic E-state index is 13.2. The van der Waals surface area contributed by atoms with Crippen molar-refractivity contribution >= 4 is 17.4 Å². The average molecular weight is 479 g/mol. The smallest absolute Gasteiger partial charge is 0.205 e. The molecule has 2 aromatic carbocycles. The zero-order valence-corrected chi connectivity index (χ0v) is 20.2. The number of nitriles is 1. The van der Waals surface area contributed by atoms with Crippen LogP contribution >= 0.6 is 11.6 Å². The summed E-state index contributed by atoms with van der Waals surface area (Å²) in [5.74, 6) is 1.04. The molecule has 34 heavy (non-hydrogen) atoms. The van der Waals surface area contributed by atoms with Crippen molar-refractivity contribution in [3.05, 3.63) is 81.4 Å². The summed E-state index contributed by atoms with van der Waals surface area (Å²) in [4.78, 5) is 13.2. The van der Waals surface area contributed by atoms with Gasteiger partial charge in [-0.1, -0.05) is 43.6 Å². The second-order valence-electron chi connectivity index (χ2n) is 9.26. The molecule has 0 fully saturated rings. The zero-order chi connectivity index (χ0) is 24.5. The topological polar surface area (TPSA) is 94.6 Å². The van der Waals surface area contributed by atoms with Crippen LogP contribution in [0.2, 0.25) is 5.02 Å². The molecule has 0 amide bonds. The monoisotopic (exact) mass is 478 g/mol. The fraction of sp³-hybridized carbons (Fsp3) is 0.333. The zero-order valence-electron chi connectivity index (χ0n) is 19.5. The van der Waals surface area contributed by atoms with Crippen molar-refractivity contribution in [2.45, 2.75) is 46.1 Å². The standard InChI is InChI=1S/C27H27ClN2O4/c1-4-32-22-11-17(7-10-21(22)33-15-16-5-8-18(28)9-6-16)24-19(14-29)26(30)34-23-13-27(2,3)12-20(31)25(23)24/h5-11,24H,4,12-13,15,30H2,1-3H3/t24-/m0/s1. The Morgan fingerprint density at radius 2 is 1.88 bits per heavy atom. The lowest BCUT2D eigenvalue weighted by Gasteiger charge is -2.37. The van der Waals surface area contributed by atoms with Gasteiger partial charge < -0.3 is 19.9 Å². The summed E-state index contributed by atoms with van der Waals surface area (Å²) in [5.41, 5.74) is 8.32. The van der Waals surface area contributed by atoms with Crippen molar-refractivity contribution < 1.29 is 19.0 Å². The molecule has 0 unspecified atom stereocenters. The Morgan fingerprint density at radius 3 is 2.56 bits per heavy atom. The third kappa shape index (κ3) is 4.76. The van der Waals surface area contributed by atoms with Crippen molar-refractivity contribution in [2.75, 3.05) is 6.61 Å². The van der Waals surface area contributed by atoms with Crippen LogP contribution < -0.4 is 15.2 Å². The molecule has 1 heterocycles. The molecular formula is C27H27ClN2O4. The molecule has 7 heteroatoms. The Kier molecular flexibility index (Phi) is 6.58. The summed E-state index contributed by atoms with van der Waals surface area (Å²) < 4.78 is 17.7. The lowest BCUT2D eigenvalue weighted by Crippen LogP contribution is -2.33. The first kappa shape index (κ1) is 23.7. The minimum absolute atomic E-state index is 0.0301. The summed E-state index contributed by atoms with van der Waals surface area (Å²) in [5, 5.41) is 10.5. The molecule has 6 nitrogen and oxygen atoms in total. The van der Waals surface area contributed by atoms with Gasteiger partial charge in [0.25, 0.3) is 0 Å². The van der Waals surface area contributed by atoms with Gasteiger partial charge in [0.1, 0.15) is 24.0 Å². The summed E-state index contributed by atoms with van der Waals surface area (Å²) >= 11 is 5.96. The predicted molar refractivity (Wildman–Crippen MR) is 129 cm³/mol. The number of rotatable bonds is 6. The molecule has 0 radical (unpaired) electrons. The van der Waals surface area contributed by atoms with Gasteiger partial charge in [0, 0.05) is 23.4 Å². The normalized spacial score (nSPS) is 19.3. The number of ether oxygens (including phenoxy) is 3. The Bertz CT molecular complexity index is 1220. The summed E-state index contributed by atoms with van der Waals surface area (Å²) in [6, 6.07) is 15.0. The van der Waals surface area contributed by atoms with Crippen molar-refractivity contribution in [1.29, 1.82) is 5.26 Å². The fourth-order valence-electron chi connectivity index (χ4n) is 4.45. The summed E-state index contributed by atoms with van der Waals surface area (Å²) in [6.45, 7) is 6.70. The molecule has 0 aromatic heterocycles. The molecule has 0 saturated carbocycles. The Hall–Kier alpha value is -3.43. The van der Waals surface area contributed by atoms with E-state index in [1.165, 1.54) is 0 Å². The molecule has 4 rings (SSSR count). The van der Waals surface area contributed by atoms with Crippen LogP contribution in [-0.2, 0) is 16.1 Å². The first-order valence-electron chi connectivity index (χ1n) is 11.2. The third-order valence-electron chi connectivity index (χ3n) is 5.98. The molecule has 2 aromatic rings. The van der Waals surface area contributed by atoms with Gasteiger partial charge >= 0.3 is 0 Å². The summed E-state index contributed by atoms with van der Waals surface area (Å²) in [6.07, 6.45) is 0.954. The van der Waals surface area contributed by atoms with Gasteiger partial charge in [0.05, 0.1) is 12.5 Å². The predicted octanol–water partition coefficient (Wildman–Crippen LogP) is 5.77. The van der Waals surface area contributed by atoms with Gasteiger partial charge in [-0.3, -0.25) is 4.79 Å². The van der Waals surface area contributed by atoms with Gasteiger partial charge in [-0.2, -0.15) is 5.26 Å². The second kappa shape index (κ2) is 9.44. The number of carbonyl (C=O) groups excluding carboxylic acids is 1. The number of hydrogen-bond acceptors (Lipinski definition) is 6. The van der Waals surface area contributed by atoms with Gasteiger partial charge in [-0.05, 0) is 47.7 Å². The lowest BCUT2D eigenvalue weighted by atomic mass is 9.70. The highest BCUT2D eigenvalue weighted by Gasteiger charge is 2.43. The number of nitrogens with zero attached hydrogens (tertiary/aromatic N) is 1. The minimum atomic E-state index is -0.609. The molecule has 1 atom stereocenters. The number of nitrogens with two attached hydrogens (primary N) is 1. The van der Waals surface area contributed by atoms with E-state index in [-0.39, 0.29) is 22.7 Å². The van der Waals surface area contributed by atoms with E-state index in [0.717, 1.165) is 11.1 Å². The highest BCUT2D eigenvalue weighted by Crippen LogP contribution is 2.48. The molecule has 0 spiro atoms. The van der Waals surface area contributed by atoms with E-state index >= 15 is 0 Å². The number of hydrogen-bond donors (Lipinski definition) is 1. The number of allylic oxidation sites excluding steroid dienone is 3. The van der Waals surface area contributed by atoms with Crippen molar-refractivity contribution in [3.8, 4) is 17.6 Å². The number of carbonyl (C=O) groups is 1. The van der Waals surface area contributed by atoms with E-state index in [9.17, 15) is 10.1 Å². The molecule has 2 N–H and O–H groups in total. The van der Waals surface area contributed by atoms with Crippen molar-refractivity contribution in [2.24, 2.45) is 11.1 Å². The second-order valence-corrected chi connectivity index (χ2v) is 9.69. The van der Waals surface area contributed by atoms with E-state index in [1.54, 1.807) is 6.07 Å². The number of ketones is 1. The molecule has 176 valence electrons. The van der Waals surface area contributed by atoms with Crippen molar-refractivity contribution in [3.63, 3.8) is 0 Å². The molecule has 1 aliphatic carbocycles. The molecule has 1 aliphatic heterocycles. The minimum Gasteiger partial charge on any atom is -0.490 e. The molecule has 0 saturated heterocycles. The van der Waals surface area contributed by atoms with E-state index in [2.05, 4.69) is 6.07 Å². The third-order valence-corrected chi connectivity index (χ3v) is 6.24. The van der Waals surface area contributed by atoms with Crippen LogP contribution in [0.3, 0.4) is 0 Å². The molecular weight excluding hydrogens is 452 g/mol. The Morgan fingerprint density at radius 1 is 1.15 bits per heavy atom. The van der Waals surface area contributed by atoms with Crippen LogP contribution in [0, 0.1) is 16.7 Å². The highest BCUT2D eigenvalue weighted by atomic mass is 35.5. The molecule has 0 bridgehead atoms. The van der Waals surface area contributed by atoms with E-state index in [1.807, 2.05) is 57.2 Å². The Balaban J connectivity index is 1.71. The SMILES string of the molecule is CCOc1cc([C@H]2C(C#N)=C(N)OC3=C2C(=O)CC(C)(C)C3)ccc1OCc1ccc(Cl)cc1. The van der Waals surface area contributed by atoms with Gasteiger partial charge in [-0.15, -0.1) is 0 Å². The van der Waals surface area contributed by atoms with Gasteiger partial charge in [0.15, 0.2) is 17.3 Å². The largest absolute Gasteiger partial charge is 0.490 e. The van der Waals surface area contributed by atoms with Crippen LogP contribution in [0.1, 0.15) is 50.7 Å². The maximum absolute atomic E-state index is 13.2. The number of benzene rings is 2. The lowest BCUT2D eigenvalue weighted by molar-refractivity contribution is -0.119. The van der Waals surface area contributed by atoms with E-state index in [0.29, 0.717) is 53.9 Å². The van der Waals surface area contributed by atoms with Gasteiger partial charge in [0.2, 0.25) is 5.88 Å². The quantitative estimate of drug-likeness (QED) is 0.566. The number of halogens is 1. The van der Waals surface area contributed by atoms with Crippen LogP contribution in [0.5, 0.6) is 11.5 Å². The van der Waals surface area contributed by atoms with Crippen LogP contribution in [0.15, 0.2) is 65.3 Å². The van der Waals surface area contributed by atoms with Gasteiger partial charge in [-0.25, -0.2) is 0 Å². The average Bonchev–Trinajstić information content (AvgIpc) is 2.77. The molecule has 2 aliphatic rings. The fourth-order valence-corrected chi connectivity index (χ4v) is 4.58. The van der Waals surface area contributed by atoms with Crippen molar-refractivity contribution in [1.82, 2.24) is 0 Å². The Labute approximate surface area is 204 Å². The van der Waals surface area contributed by atoms with E-state index < -0.39 is 5.92 Å². The van der Waals surface area contributed by atoms with Crippen LogP contribution in [0.25, 0.3) is 0 Å². The maximum Gasteiger partial charge on any atom is 0.205 e. The van der Waals surface area contributed by atoms with Crippen LogP contribution in [0.4, 0.5) is 0 Å². The van der Waals surface area contributed by atoms with Crippen LogP contribution in [-0.4, -0.2) is 12.4 Å². The number of Topliss-reactive ketones (excluding diaryl/α,β-unsaturated/α-hetero) is 1. The van der Waals surface area contributed by atoms with E-state index in [4.69, 9.17) is 31.5 Å². The highest BCUT2D eigenvalue weighted by molar-refractivity contribution is 6.30.